The first kappa shape index (κ1) is 19.9. The van der Waals surface area contributed by atoms with Crippen molar-refractivity contribution in [3.8, 4) is 22.1 Å². The lowest BCUT2D eigenvalue weighted by Gasteiger charge is -2.09. The fraction of sp³-hybridized carbons (Fsp3) is 0.273. The number of aromatic nitrogens is 1. The molecule has 1 N–H and O–H groups in total. The van der Waals surface area contributed by atoms with E-state index in [-0.39, 0.29) is 4.88 Å². The van der Waals surface area contributed by atoms with E-state index >= 15 is 0 Å². The quantitative estimate of drug-likeness (QED) is 0.501. The Morgan fingerprint density at radius 3 is 2.07 bits per heavy atom. The van der Waals surface area contributed by atoms with Crippen molar-refractivity contribution in [1.29, 1.82) is 0 Å². The van der Waals surface area contributed by atoms with Crippen LogP contribution in [0.2, 0.25) is 0 Å². The zero-order chi connectivity index (χ0) is 19.9. The molecule has 6 heteroatoms. The molecule has 2 aromatic carbocycles. The van der Waals surface area contributed by atoms with E-state index in [0.717, 1.165) is 29.9 Å². The number of hydrogen-bond acceptors (Lipinski definition) is 5. The molecule has 0 fully saturated rings. The summed E-state index contributed by atoms with van der Waals surface area (Å²) in [6, 6.07) is 15.6. The van der Waals surface area contributed by atoms with Crippen molar-refractivity contribution in [3.63, 3.8) is 0 Å². The van der Waals surface area contributed by atoms with Crippen molar-refractivity contribution >= 4 is 17.3 Å². The summed E-state index contributed by atoms with van der Waals surface area (Å²) in [5.74, 6) is 0.630. The van der Waals surface area contributed by atoms with Crippen LogP contribution < -0.4 is 9.47 Å². The first-order valence-corrected chi connectivity index (χ1v) is 10.0. The second-order valence-electron chi connectivity index (χ2n) is 6.35. The number of hydrogen-bond donors (Lipinski definition) is 1. The van der Waals surface area contributed by atoms with Gasteiger partial charge in [0.05, 0.1) is 5.69 Å². The summed E-state index contributed by atoms with van der Waals surface area (Å²) in [6.07, 6.45) is 2.22. The van der Waals surface area contributed by atoms with Gasteiger partial charge in [0.1, 0.15) is 34.6 Å². The van der Waals surface area contributed by atoms with E-state index < -0.39 is 5.97 Å². The summed E-state index contributed by atoms with van der Waals surface area (Å²) in [5.41, 5.74) is 2.72. The van der Waals surface area contributed by atoms with Gasteiger partial charge in [0.2, 0.25) is 0 Å². The minimum Gasteiger partial charge on any atom is -0.490 e. The van der Waals surface area contributed by atoms with E-state index in [2.05, 4.69) is 24.0 Å². The Kier molecular flexibility index (Phi) is 6.66. The lowest BCUT2D eigenvalue weighted by Crippen LogP contribution is -2.08. The predicted molar refractivity (Wildman–Crippen MR) is 111 cm³/mol. The molecule has 0 aliphatic rings. The van der Waals surface area contributed by atoms with Gasteiger partial charge in [-0.25, -0.2) is 9.78 Å². The zero-order valence-electron chi connectivity index (χ0n) is 16.0. The number of aryl methyl sites for hydroxylation is 2. The van der Waals surface area contributed by atoms with Crippen LogP contribution in [0, 0.1) is 6.92 Å². The third-order valence-corrected chi connectivity index (χ3v) is 5.37. The minimum atomic E-state index is -0.943. The summed E-state index contributed by atoms with van der Waals surface area (Å²) in [5, 5.41) is 9.84. The van der Waals surface area contributed by atoms with Gasteiger partial charge in [0, 0.05) is 5.56 Å². The molecule has 0 saturated carbocycles. The number of thiazole rings is 1. The molecule has 0 spiro atoms. The molecule has 0 amide bonds. The number of ether oxygens (including phenoxy) is 2. The van der Waals surface area contributed by atoms with Gasteiger partial charge < -0.3 is 14.6 Å². The molecule has 3 aromatic rings. The van der Waals surface area contributed by atoms with Gasteiger partial charge in [-0.2, -0.15) is 0 Å². The Morgan fingerprint density at radius 2 is 1.57 bits per heavy atom. The topological polar surface area (TPSA) is 68.7 Å². The maximum Gasteiger partial charge on any atom is 0.347 e. The Morgan fingerprint density at radius 1 is 1.00 bits per heavy atom. The van der Waals surface area contributed by atoms with Crippen LogP contribution in [0.15, 0.2) is 48.5 Å². The molecular formula is C22H23NO4S. The summed E-state index contributed by atoms with van der Waals surface area (Å²) in [4.78, 5) is 15.8. The van der Waals surface area contributed by atoms with Crippen molar-refractivity contribution in [2.75, 3.05) is 13.2 Å². The van der Waals surface area contributed by atoms with E-state index in [0.29, 0.717) is 23.9 Å². The molecule has 1 aromatic heterocycles. The fourth-order valence-electron chi connectivity index (χ4n) is 2.77. The smallest absolute Gasteiger partial charge is 0.347 e. The average molecular weight is 397 g/mol. The Labute approximate surface area is 168 Å². The van der Waals surface area contributed by atoms with Gasteiger partial charge in [-0.3, -0.25) is 0 Å². The van der Waals surface area contributed by atoms with Gasteiger partial charge in [-0.15, -0.1) is 11.3 Å². The molecule has 0 aliphatic carbocycles. The van der Waals surface area contributed by atoms with E-state index in [1.807, 2.05) is 36.4 Å². The first-order valence-electron chi connectivity index (χ1n) is 9.22. The second kappa shape index (κ2) is 9.37. The van der Waals surface area contributed by atoms with Gasteiger partial charge >= 0.3 is 5.97 Å². The molecule has 28 heavy (non-hydrogen) atoms. The highest BCUT2D eigenvalue weighted by Gasteiger charge is 2.14. The third kappa shape index (κ3) is 5.10. The molecule has 0 radical (unpaired) electrons. The van der Waals surface area contributed by atoms with Crippen molar-refractivity contribution in [1.82, 2.24) is 4.98 Å². The van der Waals surface area contributed by atoms with Crippen molar-refractivity contribution < 1.29 is 19.4 Å². The van der Waals surface area contributed by atoms with Crippen LogP contribution in [0.25, 0.3) is 10.6 Å². The van der Waals surface area contributed by atoms with Gasteiger partial charge in [0.15, 0.2) is 0 Å². The standard InChI is InChI=1S/C22H23NO4S/c1-3-4-16-5-9-18(10-6-16)26-13-14-27-19-11-7-17(8-12-19)21-23-15(2)20(28-21)22(24)25/h5-12H,3-4,13-14H2,1-2H3,(H,24,25). The molecule has 146 valence electrons. The molecule has 1 heterocycles. The van der Waals surface area contributed by atoms with E-state index in [1.165, 1.54) is 16.9 Å². The zero-order valence-corrected chi connectivity index (χ0v) is 16.8. The Bertz CT molecular complexity index is 917. The van der Waals surface area contributed by atoms with E-state index in [4.69, 9.17) is 14.6 Å². The van der Waals surface area contributed by atoms with Gasteiger partial charge in [-0.1, -0.05) is 25.5 Å². The minimum absolute atomic E-state index is 0.273. The normalized spacial score (nSPS) is 10.6. The monoisotopic (exact) mass is 397 g/mol. The summed E-state index contributed by atoms with van der Waals surface area (Å²) < 4.78 is 11.4. The van der Waals surface area contributed by atoms with Crippen molar-refractivity contribution in [2.45, 2.75) is 26.7 Å². The molecule has 0 aliphatic heterocycles. The highest BCUT2D eigenvalue weighted by molar-refractivity contribution is 7.17. The second-order valence-corrected chi connectivity index (χ2v) is 7.35. The molecule has 3 rings (SSSR count). The number of rotatable bonds is 9. The van der Waals surface area contributed by atoms with Gasteiger partial charge in [-0.05, 0) is 55.3 Å². The van der Waals surface area contributed by atoms with Crippen LogP contribution in [-0.4, -0.2) is 29.3 Å². The number of carboxylic acids is 1. The van der Waals surface area contributed by atoms with E-state index in [9.17, 15) is 4.79 Å². The van der Waals surface area contributed by atoms with Crippen LogP contribution in [-0.2, 0) is 6.42 Å². The molecular weight excluding hydrogens is 374 g/mol. The lowest BCUT2D eigenvalue weighted by atomic mass is 10.1. The number of benzene rings is 2. The highest BCUT2D eigenvalue weighted by atomic mass is 32.1. The summed E-state index contributed by atoms with van der Waals surface area (Å²) in [7, 11) is 0. The number of carboxylic acid groups (broad SMARTS) is 1. The molecule has 5 nitrogen and oxygen atoms in total. The SMILES string of the molecule is CCCc1ccc(OCCOc2ccc(-c3nc(C)c(C(=O)O)s3)cc2)cc1. The molecule has 0 bridgehead atoms. The van der Waals surface area contributed by atoms with Crippen LogP contribution in [0.3, 0.4) is 0 Å². The molecule has 0 saturated heterocycles. The average Bonchev–Trinajstić information content (AvgIpc) is 3.09. The largest absolute Gasteiger partial charge is 0.490 e. The predicted octanol–water partition coefficient (Wildman–Crippen LogP) is 5.23. The highest BCUT2D eigenvalue weighted by Crippen LogP contribution is 2.29. The number of nitrogens with zero attached hydrogens (tertiary/aromatic N) is 1. The van der Waals surface area contributed by atoms with Crippen molar-refractivity contribution in [3.05, 3.63) is 64.7 Å². The van der Waals surface area contributed by atoms with Crippen LogP contribution in [0.1, 0.15) is 34.3 Å². The van der Waals surface area contributed by atoms with Crippen LogP contribution >= 0.6 is 11.3 Å². The van der Waals surface area contributed by atoms with Crippen molar-refractivity contribution in [2.24, 2.45) is 0 Å². The maximum atomic E-state index is 11.2. The van der Waals surface area contributed by atoms with Crippen LogP contribution in [0.5, 0.6) is 11.5 Å². The third-order valence-electron chi connectivity index (χ3n) is 4.17. The Hall–Kier alpha value is -2.86. The number of carbonyl (C=O) groups is 1. The molecule has 0 atom stereocenters. The number of aromatic carboxylic acids is 1. The summed E-state index contributed by atoms with van der Waals surface area (Å²) >= 11 is 1.18. The summed E-state index contributed by atoms with van der Waals surface area (Å²) in [6.45, 7) is 4.77. The maximum absolute atomic E-state index is 11.2. The lowest BCUT2D eigenvalue weighted by molar-refractivity contribution is 0.0701. The molecule has 0 unspecified atom stereocenters. The first-order chi connectivity index (χ1) is 13.6. The van der Waals surface area contributed by atoms with Gasteiger partial charge in [0.25, 0.3) is 0 Å². The van der Waals surface area contributed by atoms with E-state index in [1.54, 1.807) is 6.92 Å². The Balaban J connectivity index is 1.49. The fourth-order valence-corrected chi connectivity index (χ4v) is 3.68. The van der Waals surface area contributed by atoms with Crippen LogP contribution in [0.4, 0.5) is 0 Å².